The second-order valence-corrected chi connectivity index (χ2v) is 5.66. The van der Waals surface area contributed by atoms with Gasteiger partial charge in [-0.15, -0.1) is 0 Å². The molecule has 1 saturated heterocycles. The van der Waals surface area contributed by atoms with Gasteiger partial charge in [-0.1, -0.05) is 18.6 Å². The number of hydrogen-bond donors (Lipinski definition) is 0. The van der Waals surface area contributed by atoms with E-state index >= 15 is 0 Å². The Bertz CT molecular complexity index is 649. The second-order valence-electron chi connectivity index (χ2n) is 5.66. The van der Waals surface area contributed by atoms with Crippen molar-refractivity contribution < 1.29 is 0 Å². The van der Waals surface area contributed by atoms with Crippen molar-refractivity contribution in [1.82, 2.24) is 14.5 Å². The molecule has 0 N–H and O–H groups in total. The SMILES string of the molecule is CN1CCCC[C@H]1CCn1c(=O)cnc2ccccc21. The molecule has 1 fully saturated rings. The predicted octanol–water partition coefficient (Wildman–Crippen LogP) is 2.27. The van der Waals surface area contributed by atoms with E-state index in [9.17, 15) is 4.79 Å². The van der Waals surface area contributed by atoms with Crippen molar-refractivity contribution in [2.45, 2.75) is 38.3 Å². The Morgan fingerprint density at radius 3 is 3.00 bits per heavy atom. The van der Waals surface area contributed by atoms with Gasteiger partial charge in [-0.3, -0.25) is 4.79 Å². The molecule has 0 aliphatic carbocycles. The van der Waals surface area contributed by atoms with Crippen molar-refractivity contribution >= 4 is 11.0 Å². The molecule has 1 aliphatic rings. The number of piperidine rings is 1. The number of hydrogen-bond acceptors (Lipinski definition) is 3. The number of fused-ring (bicyclic) bond motifs is 1. The van der Waals surface area contributed by atoms with Gasteiger partial charge in [0.15, 0.2) is 0 Å². The van der Waals surface area contributed by atoms with Crippen LogP contribution in [-0.2, 0) is 6.54 Å². The third kappa shape index (κ3) is 2.61. The van der Waals surface area contributed by atoms with Crippen LogP contribution in [0.3, 0.4) is 0 Å². The maximum absolute atomic E-state index is 12.1. The first-order chi connectivity index (χ1) is 9.75. The summed E-state index contributed by atoms with van der Waals surface area (Å²) in [7, 11) is 2.19. The number of benzene rings is 1. The van der Waals surface area contributed by atoms with Gasteiger partial charge in [0.05, 0.1) is 17.2 Å². The Hall–Kier alpha value is -1.68. The maximum atomic E-state index is 12.1. The van der Waals surface area contributed by atoms with Crippen molar-refractivity contribution in [3.05, 3.63) is 40.8 Å². The van der Waals surface area contributed by atoms with Gasteiger partial charge in [-0.05, 0) is 45.0 Å². The van der Waals surface area contributed by atoms with Crippen molar-refractivity contribution in [3.8, 4) is 0 Å². The van der Waals surface area contributed by atoms with Crippen LogP contribution >= 0.6 is 0 Å². The molecule has 106 valence electrons. The quantitative estimate of drug-likeness (QED) is 0.859. The van der Waals surface area contributed by atoms with E-state index in [-0.39, 0.29) is 5.56 Å². The smallest absolute Gasteiger partial charge is 0.269 e. The Balaban J connectivity index is 1.83. The summed E-state index contributed by atoms with van der Waals surface area (Å²) in [6.45, 7) is 1.95. The molecule has 1 aliphatic heterocycles. The molecule has 2 heterocycles. The van der Waals surface area contributed by atoms with E-state index in [0.717, 1.165) is 24.0 Å². The van der Waals surface area contributed by atoms with E-state index in [0.29, 0.717) is 6.04 Å². The highest BCUT2D eigenvalue weighted by Gasteiger charge is 2.18. The van der Waals surface area contributed by atoms with Crippen LogP contribution in [-0.4, -0.2) is 34.1 Å². The lowest BCUT2D eigenvalue weighted by Crippen LogP contribution is -2.37. The molecule has 0 radical (unpaired) electrons. The normalized spacial score (nSPS) is 20.4. The van der Waals surface area contributed by atoms with Gasteiger partial charge < -0.3 is 9.47 Å². The van der Waals surface area contributed by atoms with E-state index in [1.165, 1.54) is 32.0 Å². The van der Waals surface area contributed by atoms with Crippen LogP contribution in [0.25, 0.3) is 11.0 Å². The topological polar surface area (TPSA) is 38.1 Å². The lowest BCUT2D eigenvalue weighted by atomic mass is 10.00. The van der Waals surface area contributed by atoms with Gasteiger partial charge >= 0.3 is 0 Å². The van der Waals surface area contributed by atoms with Crippen LogP contribution in [0.5, 0.6) is 0 Å². The van der Waals surface area contributed by atoms with E-state index in [2.05, 4.69) is 16.9 Å². The first-order valence-corrected chi connectivity index (χ1v) is 7.40. The van der Waals surface area contributed by atoms with Crippen molar-refractivity contribution in [2.75, 3.05) is 13.6 Å². The number of para-hydroxylation sites is 2. The van der Waals surface area contributed by atoms with Crippen LogP contribution in [0.15, 0.2) is 35.3 Å². The monoisotopic (exact) mass is 271 g/mol. The average molecular weight is 271 g/mol. The fourth-order valence-corrected chi connectivity index (χ4v) is 3.13. The molecule has 0 spiro atoms. The Labute approximate surface area is 119 Å². The van der Waals surface area contributed by atoms with Crippen LogP contribution in [0.1, 0.15) is 25.7 Å². The molecule has 1 aromatic carbocycles. The molecule has 0 amide bonds. The summed E-state index contributed by atoms with van der Waals surface area (Å²) in [6.07, 6.45) is 6.32. The second kappa shape index (κ2) is 5.75. The molecule has 20 heavy (non-hydrogen) atoms. The molecule has 0 unspecified atom stereocenters. The molecule has 3 rings (SSSR count). The summed E-state index contributed by atoms with van der Waals surface area (Å²) in [5.74, 6) is 0. The van der Waals surface area contributed by atoms with Gasteiger partial charge in [-0.2, -0.15) is 0 Å². The highest BCUT2D eigenvalue weighted by Crippen LogP contribution is 2.19. The zero-order valence-electron chi connectivity index (χ0n) is 12.0. The Morgan fingerprint density at radius 2 is 2.15 bits per heavy atom. The van der Waals surface area contributed by atoms with Crippen molar-refractivity contribution in [3.63, 3.8) is 0 Å². The van der Waals surface area contributed by atoms with E-state index in [1.807, 2.05) is 28.8 Å². The molecule has 2 aromatic rings. The van der Waals surface area contributed by atoms with Crippen molar-refractivity contribution in [1.29, 1.82) is 0 Å². The fourth-order valence-electron chi connectivity index (χ4n) is 3.13. The molecule has 0 saturated carbocycles. The molecule has 1 aromatic heterocycles. The van der Waals surface area contributed by atoms with E-state index in [4.69, 9.17) is 0 Å². The lowest BCUT2D eigenvalue weighted by molar-refractivity contribution is 0.171. The fraction of sp³-hybridized carbons (Fsp3) is 0.500. The molecule has 0 bridgehead atoms. The number of aromatic nitrogens is 2. The molecule has 4 heteroatoms. The van der Waals surface area contributed by atoms with Crippen LogP contribution in [0.2, 0.25) is 0 Å². The maximum Gasteiger partial charge on any atom is 0.269 e. The first-order valence-electron chi connectivity index (χ1n) is 7.40. The largest absolute Gasteiger partial charge is 0.305 e. The number of rotatable bonds is 3. The third-order valence-corrected chi connectivity index (χ3v) is 4.36. The minimum absolute atomic E-state index is 0.00200. The zero-order valence-corrected chi connectivity index (χ0v) is 12.0. The van der Waals surface area contributed by atoms with Gasteiger partial charge in [0, 0.05) is 12.6 Å². The minimum Gasteiger partial charge on any atom is -0.305 e. The summed E-state index contributed by atoms with van der Waals surface area (Å²) >= 11 is 0. The zero-order chi connectivity index (χ0) is 13.9. The summed E-state index contributed by atoms with van der Waals surface area (Å²) in [4.78, 5) is 18.7. The average Bonchev–Trinajstić information content (AvgIpc) is 2.48. The number of aryl methyl sites for hydroxylation is 1. The van der Waals surface area contributed by atoms with Gasteiger partial charge in [-0.25, -0.2) is 4.98 Å². The van der Waals surface area contributed by atoms with E-state index in [1.54, 1.807) is 0 Å². The summed E-state index contributed by atoms with van der Waals surface area (Å²) in [5.41, 5.74) is 1.84. The molecular formula is C16H21N3O. The van der Waals surface area contributed by atoms with Crippen LogP contribution in [0.4, 0.5) is 0 Å². The van der Waals surface area contributed by atoms with Gasteiger partial charge in [0.25, 0.3) is 5.56 Å². The number of nitrogens with zero attached hydrogens (tertiary/aromatic N) is 3. The highest BCUT2D eigenvalue weighted by molar-refractivity contribution is 5.74. The van der Waals surface area contributed by atoms with Crippen LogP contribution < -0.4 is 5.56 Å². The first kappa shape index (κ1) is 13.3. The third-order valence-electron chi connectivity index (χ3n) is 4.36. The lowest BCUT2D eigenvalue weighted by Gasteiger charge is -2.32. The van der Waals surface area contributed by atoms with Crippen molar-refractivity contribution in [2.24, 2.45) is 0 Å². The molecular weight excluding hydrogens is 250 g/mol. The summed E-state index contributed by atoms with van der Waals surface area (Å²) in [6, 6.07) is 8.46. The standard InChI is InChI=1S/C16H21N3O/c1-18-10-5-4-6-13(18)9-11-19-15-8-3-2-7-14(15)17-12-16(19)20/h2-3,7-8,12-13H,4-6,9-11H2,1H3/t13-/m0/s1. The van der Waals surface area contributed by atoms with E-state index < -0.39 is 0 Å². The molecule has 1 atom stereocenters. The summed E-state index contributed by atoms with van der Waals surface area (Å²) < 4.78 is 1.87. The summed E-state index contributed by atoms with van der Waals surface area (Å²) in [5, 5.41) is 0. The predicted molar refractivity (Wildman–Crippen MR) is 80.9 cm³/mol. The van der Waals surface area contributed by atoms with Gasteiger partial charge in [0.2, 0.25) is 0 Å². The number of likely N-dealkylation sites (tertiary alicyclic amines) is 1. The molecule has 4 nitrogen and oxygen atoms in total. The Morgan fingerprint density at radius 1 is 1.30 bits per heavy atom. The highest BCUT2D eigenvalue weighted by atomic mass is 16.1. The minimum atomic E-state index is 0.00200. The Kier molecular flexibility index (Phi) is 3.83. The van der Waals surface area contributed by atoms with Gasteiger partial charge in [0.1, 0.15) is 0 Å². The van der Waals surface area contributed by atoms with Crippen LogP contribution in [0, 0.1) is 0 Å².